The second-order valence-corrected chi connectivity index (χ2v) is 4.11. The Balaban J connectivity index is 2.20. The van der Waals surface area contributed by atoms with E-state index >= 15 is 0 Å². The summed E-state index contributed by atoms with van der Waals surface area (Å²) in [5.74, 6) is 0.334. The van der Waals surface area contributed by atoms with E-state index in [2.05, 4.69) is 9.97 Å². The van der Waals surface area contributed by atoms with Crippen molar-refractivity contribution in [3.63, 3.8) is 0 Å². The van der Waals surface area contributed by atoms with Crippen LogP contribution in [-0.2, 0) is 0 Å². The van der Waals surface area contributed by atoms with Gasteiger partial charge < -0.3 is 4.74 Å². The summed E-state index contributed by atoms with van der Waals surface area (Å²) in [6.45, 7) is 0. The lowest BCUT2D eigenvalue weighted by Gasteiger charge is -2.04. The van der Waals surface area contributed by atoms with E-state index in [0.29, 0.717) is 16.5 Å². The Morgan fingerprint density at radius 2 is 2.00 bits per heavy atom. The molecule has 0 saturated heterocycles. The van der Waals surface area contributed by atoms with E-state index in [1.165, 1.54) is 7.11 Å². The molecule has 2 aromatic heterocycles. The van der Waals surface area contributed by atoms with Gasteiger partial charge in [0.15, 0.2) is 0 Å². The van der Waals surface area contributed by atoms with Crippen molar-refractivity contribution < 1.29 is 9.53 Å². The van der Waals surface area contributed by atoms with Crippen LogP contribution in [0.4, 0.5) is 0 Å². The molecule has 0 fully saturated rings. The van der Waals surface area contributed by atoms with Gasteiger partial charge in [-0.05, 0) is 36.0 Å². The molecule has 0 unspecified atom stereocenters. The first-order valence-electron chi connectivity index (χ1n) is 4.93. The number of nitrogens with zero attached hydrogens (tertiary/aromatic N) is 2. The van der Waals surface area contributed by atoms with Gasteiger partial charge >= 0.3 is 0 Å². The number of hydrogen-bond acceptors (Lipinski definition) is 5. The summed E-state index contributed by atoms with van der Waals surface area (Å²) in [4.78, 5) is 20.1. The van der Waals surface area contributed by atoms with Crippen molar-refractivity contribution in [3.8, 4) is 5.88 Å². The van der Waals surface area contributed by atoms with Gasteiger partial charge in [0.25, 0.3) is 0 Å². The molecule has 0 amide bonds. The van der Waals surface area contributed by atoms with E-state index < -0.39 is 0 Å². The molecule has 0 radical (unpaired) electrons. The molecular formula is C12H10N2O2S. The molecule has 0 saturated carbocycles. The van der Waals surface area contributed by atoms with Gasteiger partial charge in [-0.15, -0.1) is 0 Å². The van der Waals surface area contributed by atoms with Crippen LogP contribution in [0.25, 0.3) is 0 Å². The second kappa shape index (κ2) is 5.45. The van der Waals surface area contributed by atoms with E-state index in [0.717, 1.165) is 11.8 Å². The molecular weight excluding hydrogens is 236 g/mol. The fourth-order valence-electron chi connectivity index (χ4n) is 1.27. The van der Waals surface area contributed by atoms with E-state index in [9.17, 15) is 4.79 Å². The highest BCUT2D eigenvalue weighted by Crippen LogP contribution is 2.24. The lowest BCUT2D eigenvalue weighted by molar-refractivity contribution is 0.108. The SMILES string of the molecule is COc1ncccc1C(=O)Sc1ccccn1. The lowest BCUT2D eigenvalue weighted by atomic mass is 10.3. The van der Waals surface area contributed by atoms with E-state index in [4.69, 9.17) is 4.74 Å². The van der Waals surface area contributed by atoms with Crippen LogP contribution >= 0.6 is 11.8 Å². The third-order valence-corrected chi connectivity index (χ3v) is 2.88. The Morgan fingerprint density at radius 1 is 1.18 bits per heavy atom. The van der Waals surface area contributed by atoms with Crippen LogP contribution in [0.15, 0.2) is 47.8 Å². The Kier molecular flexibility index (Phi) is 3.72. The van der Waals surface area contributed by atoms with Crippen LogP contribution in [0.2, 0.25) is 0 Å². The smallest absolute Gasteiger partial charge is 0.231 e. The van der Waals surface area contributed by atoms with Crippen molar-refractivity contribution in [1.29, 1.82) is 0 Å². The molecule has 0 spiro atoms. The zero-order valence-corrected chi connectivity index (χ0v) is 9.98. The summed E-state index contributed by atoms with van der Waals surface area (Å²) < 4.78 is 5.04. The number of hydrogen-bond donors (Lipinski definition) is 0. The standard InChI is InChI=1S/C12H10N2O2S/c1-16-11-9(5-4-8-14-11)12(15)17-10-6-2-3-7-13-10/h2-8H,1H3. The van der Waals surface area contributed by atoms with Crippen LogP contribution in [0.3, 0.4) is 0 Å². The number of aromatic nitrogens is 2. The number of methoxy groups -OCH3 is 1. The van der Waals surface area contributed by atoms with Crippen LogP contribution in [0.5, 0.6) is 5.88 Å². The van der Waals surface area contributed by atoms with Crippen LogP contribution in [0.1, 0.15) is 10.4 Å². The summed E-state index contributed by atoms with van der Waals surface area (Å²) in [5, 5.41) is 0.525. The zero-order valence-electron chi connectivity index (χ0n) is 9.16. The minimum atomic E-state index is -0.131. The van der Waals surface area contributed by atoms with Crippen molar-refractivity contribution in [2.75, 3.05) is 7.11 Å². The molecule has 0 aromatic carbocycles. The molecule has 2 rings (SSSR count). The van der Waals surface area contributed by atoms with Crippen LogP contribution < -0.4 is 4.74 Å². The molecule has 0 bridgehead atoms. The zero-order chi connectivity index (χ0) is 12.1. The van der Waals surface area contributed by atoms with E-state index in [1.807, 2.05) is 6.07 Å². The normalized spacial score (nSPS) is 9.94. The van der Waals surface area contributed by atoms with Crippen molar-refractivity contribution in [2.45, 2.75) is 5.03 Å². The summed E-state index contributed by atoms with van der Waals surface area (Å²) in [6.07, 6.45) is 3.23. The van der Waals surface area contributed by atoms with Gasteiger partial charge in [0.1, 0.15) is 5.03 Å². The van der Waals surface area contributed by atoms with Crippen LogP contribution in [-0.4, -0.2) is 22.2 Å². The molecule has 86 valence electrons. The van der Waals surface area contributed by atoms with Crippen molar-refractivity contribution in [2.24, 2.45) is 0 Å². The molecule has 0 atom stereocenters. The van der Waals surface area contributed by atoms with Crippen LogP contribution in [0, 0.1) is 0 Å². The molecule has 0 aliphatic rings. The summed E-state index contributed by atoms with van der Waals surface area (Å²) >= 11 is 1.06. The molecule has 0 aliphatic carbocycles. The Hall–Kier alpha value is -1.88. The molecule has 2 heterocycles. The predicted octanol–water partition coefficient (Wildman–Crippen LogP) is 2.42. The van der Waals surface area contributed by atoms with Gasteiger partial charge in [0.2, 0.25) is 11.0 Å². The highest BCUT2D eigenvalue weighted by molar-refractivity contribution is 8.14. The first-order chi connectivity index (χ1) is 8.31. The topological polar surface area (TPSA) is 52.1 Å². The Morgan fingerprint density at radius 3 is 2.71 bits per heavy atom. The number of ether oxygens (including phenoxy) is 1. The average molecular weight is 246 g/mol. The number of carbonyl (C=O) groups is 1. The molecule has 0 N–H and O–H groups in total. The van der Waals surface area contributed by atoms with Crippen molar-refractivity contribution in [3.05, 3.63) is 48.3 Å². The summed E-state index contributed by atoms with van der Waals surface area (Å²) in [5.41, 5.74) is 0.450. The Labute approximate surface area is 103 Å². The molecule has 2 aromatic rings. The number of pyridine rings is 2. The first-order valence-corrected chi connectivity index (χ1v) is 5.75. The molecule has 17 heavy (non-hydrogen) atoms. The van der Waals surface area contributed by atoms with Gasteiger partial charge in [-0.25, -0.2) is 9.97 Å². The lowest BCUT2D eigenvalue weighted by Crippen LogP contribution is -2.00. The minimum absolute atomic E-state index is 0.131. The van der Waals surface area contributed by atoms with Crippen molar-refractivity contribution in [1.82, 2.24) is 9.97 Å². The monoisotopic (exact) mass is 246 g/mol. The highest BCUT2D eigenvalue weighted by atomic mass is 32.2. The Bertz CT molecular complexity index is 517. The highest BCUT2D eigenvalue weighted by Gasteiger charge is 2.14. The molecule has 0 aliphatic heterocycles. The summed E-state index contributed by atoms with van der Waals surface area (Å²) in [6, 6.07) is 8.81. The summed E-state index contributed by atoms with van der Waals surface area (Å²) in [7, 11) is 1.49. The maximum absolute atomic E-state index is 12.0. The number of rotatable bonds is 3. The minimum Gasteiger partial charge on any atom is -0.480 e. The average Bonchev–Trinajstić information content (AvgIpc) is 2.40. The quantitative estimate of drug-likeness (QED) is 0.778. The van der Waals surface area contributed by atoms with Gasteiger partial charge in [-0.1, -0.05) is 6.07 Å². The number of thioether (sulfide) groups is 1. The largest absolute Gasteiger partial charge is 0.480 e. The van der Waals surface area contributed by atoms with Gasteiger partial charge in [0, 0.05) is 12.4 Å². The van der Waals surface area contributed by atoms with E-state index in [-0.39, 0.29) is 5.12 Å². The fraction of sp³-hybridized carbons (Fsp3) is 0.0833. The third-order valence-electron chi connectivity index (χ3n) is 2.02. The maximum Gasteiger partial charge on any atom is 0.231 e. The maximum atomic E-state index is 12.0. The molecule has 4 nitrogen and oxygen atoms in total. The van der Waals surface area contributed by atoms with Gasteiger partial charge in [-0.2, -0.15) is 0 Å². The van der Waals surface area contributed by atoms with Gasteiger partial charge in [-0.3, -0.25) is 4.79 Å². The van der Waals surface area contributed by atoms with Gasteiger partial charge in [0.05, 0.1) is 12.7 Å². The van der Waals surface area contributed by atoms with Crippen molar-refractivity contribution >= 4 is 16.9 Å². The molecule has 5 heteroatoms. The first kappa shape index (κ1) is 11.6. The third kappa shape index (κ3) is 2.82. The number of carbonyl (C=O) groups excluding carboxylic acids is 1. The predicted molar refractivity (Wildman–Crippen MR) is 65.2 cm³/mol. The second-order valence-electron chi connectivity index (χ2n) is 3.12. The fourth-order valence-corrected chi connectivity index (χ4v) is 1.98. The van der Waals surface area contributed by atoms with E-state index in [1.54, 1.807) is 36.7 Å².